The van der Waals surface area contributed by atoms with Crippen LogP contribution < -0.4 is 5.73 Å². The molecule has 1 rings (SSSR count). The van der Waals surface area contributed by atoms with Gasteiger partial charge in [0, 0.05) is 18.6 Å². The van der Waals surface area contributed by atoms with E-state index in [1.54, 1.807) is 0 Å². The fourth-order valence-corrected chi connectivity index (χ4v) is 2.11. The summed E-state index contributed by atoms with van der Waals surface area (Å²) in [5.74, 6) is 0. The zero-order chi connectivity index (χ0) is 13.4. The molecule has 0 aliphatic carbocycles. The minimum absolute atomic E-state index is 0.156. The fourth-order valence-electron chi connectivity index (χ4n) is 2.11. The quantitative estimate of drug-likeness (QED) is 0.713. The van der Waals surface area contributed by atoms with Gasteiger partial charge in [-0.1, -0.05) is 36.4 Å². The van der Waals surface area contributed by atoms with Gasteiger partial charge in [-0.3, -0.25) is 4.90 Å². The highest BCUT2D eigenvalue weighted by Gasteiger charge is 2.09. The summed E-state index contributed by atoms with van der Waals surface area (Å²) in [4.78, 5) is 2.42. The summed E-state index contributed by atoms with van der Waals surface area (Å²) in [5.41, 5.74) is 7.43. The van der Waals surface area contributed by atoms with Crippen molar-refractivity contribution in [2.45, 2.75) is 38.8 Å². The Morgan fingerprint density at radius 3 is 2.50 bits per heavy atom. The molecule has 1 unspecified atom stereocenters. The third-order valence-corrected chi connectivity index (χ3v) is 3.28. The van der Waals surface area contributed by atoms with Crippen molar-refractivity contribution in [1.29, 1.82) is 0 Å². The normalized spacial score (nSPS) is 12.9. The average molecular weight is 246 g/mol. The molecule has 0 amide bonds. The van der Waals surface area contributed by atoms with E-state index in [0.29, 0.717) is 6.04 Å². The molecular formula is C16H26N2. The summed E-state index contributed by atoms with van der Waals surface area (Å²) in [6, 6.07) is 11.1. The van der Waals surface area contributed by atoms with Gasteiger partial charge in [-0.15, -0.1) is 6.58 Å². The van der Waals surface area contributed by atoms with Crippen LogP contribution in [0.15, 0.2) is 43.0 Å². The van der Waals surface area contributed by atoms with Crippen LogP contribution in [0.2, 0.25) is 0 Å². The molecular weight excluding hydrogens is 220 g/mol. The van der Waals surface area contributed by atoms with Gasteiger partial charge < -0.3 is 5.73 Å². The van der Waals surface area contributed by atoms with Crippen molar-refractivity contribution in [2.75, 3.05) is 13.1 Å². The Morgan fingerprint density at radius 2 is 1.94 bits per heavy atom. The number of rotatable bonds is 8. The van der Waals surface area contributed by atoms with Crippen molar-refractivity contribution >= 4 is 0 Å². The number of nitrogens with two attached hydrogens (primary N) is 1. The van der Waals surface area contributed by atoms with Gasteiger partial charge >= 0.3 is 0 Å². The molecule has 2 nitrogen and oxygen atoms in total. The lowest BCUT2D eigenvalue weighted by molar-refractivity contribution is 0.239. The fraction of sp³-hybridized carbons (Fsp3) is 0.500. The van der Waals surface area contributed by atoms with Gasteiger partial charge in [0.15, 0.2) is 0 Å². The number of nitrogens with zero attached hydrogens (tertiary/aromatic N) is 1. The molecule has 1 aromatic rings. The minimum Gasteiger partial charge on any atom is -0.324 e. The molecule has 0 aliphatic rings. The number of hydrogen-bond acceptors (Lipinski definition) is 2. The predicted molar refractivity (Wildman–Crippen MR) is 79.5 cm³/mol. The number of benzene rings is 1. The van der Waals surface area contributed by atoms with Gasteiger partial charge in [-0.25, -0.2) is 0 Å². The Bertz CT molecular complexity index is 332. The molecule has 0 spiro atoms. The van der Waals surface area contributed by atoms with Crippen molar-refractivity contribution in [1.82, 2.24) is 4.90 Å². The maximum absolute atomic E-state index is 6.19. The van der Waals surface area contributed by atoms with Crippen LogP contribution in [0, 0.1) is 0 Å². The molecule has 1 aromatic carbocycles. The Kier molecular flexibility index (Phi) is 6.69. The second kappa shape index (κ2) is 8.06. The molecule has 0 radical (unpaired) electrons. The van der Waals surface area contributed by atoms with Crippen molar-refractivity contribution in [3.05, 3.63) is 48.6 Å². The molecule has 0 fully saturated rings. The summed E-state index contributed by atoms with van der Waals surface area (Å²) < 4.78 is 0. The molecule has 100 valence electrons. The zero-order valence-electron chi connectivity index (χ0n) is 11.7. The van der Waals surface area contributed by atoms with Gasteiger partial charge in [0.2, 0.25) is 0 Å². The van der Waals surface area contributed by atoms with E-state index in [1.165, 1.54) is 5.56 Å². The van der Waals surface area contributed by atoms with E-state index in [-0.39, 0.29) is 6.04 Å². The first-order valence-electron chi connectivity index (χ1n) is 6.80. The Morgan fingerprint density at radius 1 is 1.28 bits per heavy atom. The van der Waals surface area contributed by atoms with Crippen molar-refractivity contribution in [3.8, 4) is 0 Å². The summed E-state index contributed by atoms with van der Waals surface area (Å²) in [6.45, 7) is 10.3. The van der Waals surface area contributed by atoms with Crippen molar-refractivity contribution < 1.29 is 0 Å². The van der Waals surface area contributed by atoms with E-state index in [2.05, 4.69) is 37.5 Å². The van der Waals surface area contributed by atoms with Gasteiger partial charge in [0.25, 0.3) is 0 Å². The first-order valence-corrected chi connectivity index (χ1v) is 6.80. The monoisotopic (exact) mass is 246 g/mol. The third kappa shape index (κ3) is 5.03. The Labute approximate surface area is 111 Å². The van der Waals surface area contributed by atoms with Crippen molar-refractivity contribution in [3.63, 3.8) is 0 Å². The lowest BCUT2D eigenvalue weighted by Crippen LogP contribution is -2.32. The summed E-state index contributed by atoms with van der Waals surface area (Å²) in [7, 11) is 0. The summed E-state index contributed by atoms with van der Waals surface area (Å²) >= 11 is 0. The highest BCUT2D eigenvalue weighted by atomic mass is 15.1. The van der Waals surface area contributed by atoms with Crippen LogP contribution in [0.25, 0.3) is 0 Å². The highest BCUT2D eigenvalue weighted by Crippen LogP contribution is 2.15. The third-order valence-electron chi connectivity index (χ3n) is 3.28. The molecule has 18 heavy (non-hydrogen) atoms. The van der Waals surface area contributed by atoms with E-state index in [9.17, 15) is 0 Å². The zero-order valence-corrected chi connectivity index (χ0v) is 11.7. The van der Waals surface area contributed by atoms with Gasteiger partial charge in [0.1, 0.15) is 0 Å². The van der Waals surface area contributed by atoms with Crippen LogP contribution in [0.3, 0.4) is 0 Å². The van der Waals surface area contributed by atoms with Crippen molar-refractivity contribution in [2.24, 2.45) is 5.73 Å². The largest absolute Gasteiger partial charge is 0.324 e. The van der Waals surface area contributed by atoms with Crippen LogP contribution in [0.5, 0.6) is 0 Å². The molecule has 1 atom stereocenters. The second-order valence-electron chi connectivity index (χ2n) is 5.04. The van der Waals surface area contributed by atoms with E-state index < -0.39 is 0 Å². The number of hydrogen-bond donors (Lipinski definition) is 1. The van der Waals surface area contributed by atoms with E-state index in [0.717, 1.165) is 25.9 Å². The first kappa shape index (κ1) is 14.9. The maximum Gasteiger partial charge on any atom is 0.0295 e. The Balaban J connectivity index is 2.34. The molecule has 0 aromatic heterocycles. The van der Waals surface area contributed by atoms with Crippen LogP contribution in [-0.4, -0.2) is 24.0 Å². The topological polar surface area (TPSA) is 29.3 Å². The highest BCUT2D eigenvalue weighted by molar-refractivity contribution is 5.18. The molecule has 0 heterocycles. The lowest BCUT2D eigenvalue weighted by Gasteiger charge is -2.25. The maximum atomic E-state index is 6.19. The van der Waals surface area contributed by atoms with E-state index in [4.69, 9.17) is 5.73 Å². The lowest BCUT2D eigenvalue weighted by atomic mass is 10.0. The first-order chi connectivity index (χ1) is 8.65. The summed E-state index contributed by atoms with van der Waals surface area (Å²) in [6.07, 6.45) is 4.13. The molecule has 2 heteroatoms. The Hall–Kier alpha value is -1.12. The minimum atomic E-state index is 0.156. The van der Waals surface area contributed by atoms with Crippen LogP contribution in [0.4, 0.5) is 0 Å². The molecule has 0 bridgehead atoms. The van der Waals surface area contributed by atoms with Crippen LogP contribution in [-0.2, 0) is 0 Å². The smallest absolute Gasteiger partial charge is 0.0295 e. The van der Waals surface area contributed by atoms with Crippen LogP contribution >= 0.6 is 0 Å². The van der Waals surface area contributed by atoms with Gasteiger partial charge in [0.05, 0.1) is 0 Å². The van der Waals surface area contributed by atoms with E-state index in [1.807, 2.05) is 24.3 Å². The molecule has 0 aliphatic heterocycles. The van der Waals surface area contributed by atoms with E-state index >= 15 is 0 Å². The van der Waals surface area contributed by atoms with Gasteiger partial charge in [-0.2, -0.15) is 0 Å². The predicted octanol–water partition coefficient (Wildman–Crippen LogP) is 3.36. The standard InChI is InChI=1S/C16H26N2/c1-4-12-18(14(2)3)13-8-11-16(17)15-9-6-5-7-10-15/h4-7,9-10,14,16H,1,8,11-13,17H2,2-3H3. The molecule has 0 saturated heterocycles. The average Bonchev–Trinajstić information content (AvgIpc) is 2.38. The SMILES string of the molecule is C=CCN(CCCC(N)c1ccccc1)C(C)C. The second-order valence-corrected chi connectivity index (χ2v) is 5.04. The molecule has 0 saturated carbocycles. The van der Waals surface area contributed by atoms with Crippen LogP contribution in [0.1, 0.15) is 38.3 Å². The summed E-state index contributed by atoms with van der Waals surface area (Å²) in [5, 5.41) is 0. The van der Waals surface area contributed by atoms with Gasteiger partial charge in [-0.05, 0) is 38.8 Å². The molecule has 2 N–H and O–H groups in total.